The Morgan fingerprint density at radius 2 is 1.76 bits per heavy atom. The topological polar surface area (TPSA) is 76.1 Å². The molecule has 6 nitrogen and oxygen atoms in total. The molecule has 1 atom stereocenters. The summed E-state index contributed by atoms with van der Waals surface area (Å²) in [6.07, 6.45) is 0.0324. The minimum atomic E-state index is -1.11. The number of hydrogen-bond donors (Lipinski definition) is 1. The van der Waals surface area contributed by atoms with Gasteiger partial charge in [0.15, 0.2) is 18.2 Å². The highest BCUT2D eigenvalue weighted by atomic mass is 35.5. The van der Waals surface area contributed by atoms with Crippen molar-refractivity contribution in [2.75, 3.05) is 13.2 Å². The SMILES string of the molecule is O=C(O)COc1ccc(Cl)cc1C1c2ccccc2CN1C(=O)CCOc1ccccc1F. The van der Waals surface area contributed by atoms with Gasteiger partial charge < -0.3 is 19.5 Å². The van der Waals surface area contributed by atoms with Crippen LogP contribution in [0.3, 0.4) is 0 Å². The number of nitrogens with zero attached hydrogens (tertiary/aromatic N) is 1. The smallest absolute Gasteiger partial charge is 0.341 e. The van der Waals surface area contributed by atoms with Crippen LogP contribution in [-0.2, 0) is 16.1 Å². The summed E-state index contributed by atoms with van der Waals surface area (Å²) in [7, 11) is 0. The maximum atomic E-state index is 13.8. The first-order valence-electron chi connectivity index (χ1n) is 10.3. The van der Waals surface area contributed by atoms with Crippen LogP contribution < -0.4 is 9.47 Å². The monoisotopic (exact) mass is 469 g/mol. The maximum Gasteiger partial charge on any atom is 0.341 e. The number of ether oxygens (including phenoxy) is 2. The molecule has 3 aromatic carbocycles. The van der Waals surface area contributed by atoms with Crippen molar-refractivity contribution >= 4 is 23.5 Å². The summed E-state index contributed by atoms with van der Waals surface area (Å²) < 4.78 is 24.8. The molecule has 0 aliphatic carbocycles. The highest BCUT2D eigenvalue weighted by Crippen LogP contribution is 2.43. The third-order valence-electron chi connectivity index (χ3n) is 5.35. The third-order valence-corrected chi connectivity index (χ3v) is 5.59. The lowest BCUT2D eigenvalue weighted by Gasteiger charge is -2.27. The molecule has 1 unspecified atom stereocenters. The number of carbonyl (C=O) groups is 2. The van der Waals surface area contributed by atoms with Gasteiger partial charge in [-0.3, -0.25) is 4.79 Å². The highest BCUT2D eigenvalue weighted by Gasteiger charge is 2.36. The Kier molecular flexibility index (Phi) is 6.79. The molecule has 0 aromatic heterocycles. The first-order chi connectivity index (χ1) is 15.9. The molecule has 3 aromatic rings. The van der Waals surface area contributed by atoms with Gasteiger partial charge in [0.05, 0.1) is 19.1 Å². The van der Waals surface area contributed by atoms with Crippen LogP contribution in [0.4, 0.5) is 4.39 Å². The molecular formula is C25H21ClFNO5. The van der Waals surface area contributed by atoms with Crippen molar-refractivity contribution in [1.82, 2.24) is 4.90 Å². The Labute approximate surface area is 195 Å². The van der Waals surface area contributed by atoms with E-state index < -0.39 is 24.4 Å². The second kappa shape index (κ2) is 9.92. The molecule has 8 heteroatoms. The van der Waals surface area contributed by atoms with Gasteiger partial charge >= 0.3 is 5.97 Å². The first-order valence-corrected chi connectivity index (χ1v) is 10.7. The molecule has 0 saturated carbocycles. The Hall–Kier alpha value is -3.58. The van der Waals surface area contributed by atoms with Gasteiger partial charge in [0.1, 0.15) is 5.75 Å². The molecule has 0 saturated heterocycles. The largest absolute Gasteiger partial charge is 0.490 e. The van der Waals surface area contributed by atoms with Crippen LogP contribution in [0.5, 0.6) is 11.5 Å². The van der Waals surface area contributed by atoms with Crippen LogP contribution in [0, 0.1) is 5.82 Å². The summed E-state index contributed by atoms with van der Waals surface area (Å²) in [6, 6.07) is 18.0. The van der Waals surface area contributed by atoms with E-state index in [0.717, 1.165) is 11.1 Å². The Balaban J connectivity index is 1.59. The number of carboxylic acids is 1. The molecule has 1 amide bonds. The molecule has 1 aliphatic heterocycles. The average Bonchev–Trinajstić information content (AvgIpc) is 3.19. The number of halogens is 2. The van der Waals surface area contributed by atoms with Crippen LogP contribution in [0.15, 0.2) is 66.7 Å². The summed E-state index contributed by atoms with van der Waals surface area (Å²) in [4.78, 5) is 25.9. The van der Waals surface area contributed by atoms with Gasteiger partial charge in [-0.15, -0.1) is 0 Å². The van der Waals surface area contributed by atoms with E-state index in [1.54, 1.807) is 35.2 Å². The van der Waals surface area contributed by atoms with Crippen molar-refractivity contribution in [3.63, 3.8) is 0 Å². The van der Waals surface area contributed by atoms with Crippen molar-refractivity contribution < 1.29 is 28.6 Å². The van der Waals surface area contributed by atoms with Gasteiger partial charge in [0, 0.05) is 17.1 Å². The minimum absolute atomic E-state index is 0.0112. The fourth-order valence-electron chi connectivity index (χ4n) is 3.91. The summed E-state index contributed by atoms with van der Waals surface area (Å²) in [5, 5.41) is 9.48. The van der Waals surface area contributed by atoms with E-state index in [4.69, 9.17) is 26.2 Å². The molecule has 170 valence electrons. The van der Waals surface area contributed by atoms with Gasteiger partial charge in [0.25, 0.3) is 0 Å². The second-order valence-corrected chi connectivity index (χ2v) is 7.95. The van der Waals surface area contributed by atoms with Crippen LogP contribution in [0.1, 0.15) is 29.2 Å². The van der Waals surface area contributed by atoms with Gasteiger partial charge in [-0.05, 0) is 41.5 Å². The number of carboxylic acid groups (broad SMARTS) is 1. The number of hydrogen-bond acceptors (Lipinski definition) is 4. The molecule has 0 spiro atoms. The Morgan fingerprint density at radius 1 is 1.00 bits per heavy atom. The quantitative estimate of drug-likeness (QED) is 0.510. The standard InChI is InChI=1S/C25H21ClFNO5/c26-17-9-10-21(33-15-24(30)31)19(13-17)25-18-6-2-1-5-16(18)14-28(25)23(29)11-12-32-22-8-4-3-7-20(22)27/h1-10,13,25H,11-12,14-15H2,(H,30,31). The molecule has 1 aliphatic rings. The maximum absolute atomic E-state index is 13.8. The predicted molar refractivity (Wildman–Crippen MR) is 120 cm³/mol. The van der Waals surface area contributed by atoms with Gasteiger partial charge in [0.2, 0.25) is 5.91 Å². The van der Waals surface area contributed by atoms with Crippen LogP contribution in [0.25, 0.3) is 0 Å². The highest BCUT2D eigenvalue weighted by molar-refractivity contribution is 6.30. The minimum Gasteiger partial charge on any atom is -0.490 e. The zero-order chi connectivity index (χ0) is 23.4. The number of fused-ring (bicyclic) bond motifs is 1. The van der Waals surface area contributed by atoms with Gasteiger partial charge in [-0.25, -0.2) is 9.18 Å². The Morgan fingerprint density at radius 3 is 2.55 bits per heavy atom. The summed E-state index contributed by atoms with van der Waals surface area (Å²) in [6.45, 7) is -0.144. The van der Waals surface area contributed by atoms with Crippen molar-refractivity contribution in [3.8, 4) is 11.5 Å². The molecular weight excluding hydrogens is 449 g/mol. The van der Waals surface area contributed by atoms with Crippen LogP contribution >= 0.6 is 11.6 Å². The van der Waals surface area contributed by atoms with E-state index >= 15 is 0 Å². The van der Waals surface area contributed by atoms with Crippen molar-refractivity contribution in [3.05, 3.63) is 94.3 Å². The molecule has 33 heavy (non-hydrogen) atoms. The van der Waals surface area contributed by atoms with Gasteiger partial charge in [-0.2, -0.15) is 0 Å². The van der Waals surface area contributed by atoms with Crippen molar-refractivity contribution in [1.29, 1.82) is 0 Å². The molecule has 0 fully saturated rings. The third kappa shape index (κ3) is 5.09. The number of amides is 1. The lowest BCUT2D eigenvalue weighted by Crippen LogP contribution is -2.31. The van der Waals surface area contributed by atoms with E-state index in [9.17, 15) is 14.0 Å². The number of benzene rings is 3. The second-order valence-electron chi connectivity index (χ2n) is 7.52. The summed E-state index contributed by atoms with van der Waals surface area (Å²) in [5.74, 6) is -1.37. The molecule has 1 heterocycles. The normalized spacial score (nSPS) is 14.6. The number of rotatable bonds is 8. The fraction of sp³-hybridized carbons (Fsp3) is 0.200. The number of aliphatic carboxylic acids is 1. The molecule has 1 N–H and O–H groups in total. The number of para-hydroxylation sites is 1. The first kappa shape index (κ1) is 22.6. The van der Waals surface area contributed by atoms with E-state index in [-0.39, 0.29) is 24.7 Å². The number of carbonyl (C=O) groups excluding carboxylic acids is 1. The van der Waals surface area contributed by atoms with Gasteiger partial charge in [-0.1, -0.05) is 48.0 Å². The molecule has 4 rings (SSSR count). The fourth-order valence-corrected chi connectivity index (χ4v) is 4.09. The summed E-state index contributed by atoms with van der Waals surface area (Å²) in [5.41, 5.74) is 2.47. The lowest BCUT2D eigenvalue weighted by molar-refractivity contribution is -0.139. The molecule has 0 radical (unpaired) electrons. The Bertz CT molecular complexity index is 1180. The van der Waals surface area contributed by atoms with Crippen molar-refractivity contribution in [2.24, 2.45) is 0 Å². The molecule has 0 bridgehead atoms. The van der Waals surface area contributed by atoms with Crippen molar-refractivity contribution in [2.45, 2.75) is 19.0 Å². The van der Waals surface area contributed by atoms with E-state index in [0.29, 0.717) is 22.9 Å². The predicted octanol–water partition coefficient (Wildman–Crippen LogP) is 4.84. The van der Waals surface area contributed by atoms with E-state index in [2.05, 4.69) is 0 Å². The zero-order valence-electron chi connectivity index (χ0n) is 17.5. The average molecular weight is 470 g/mol. The van der Waals surface area contributed by atoms with Crippen LogP contribution in [-0.4, -0.2) is 35.1 Å². The van der Waals surface area contributed by atoms with E-state index in [1.165, 1.54) is 12.1 Å². The van der Waals surface area contributed by atoms with E-state index in [1.807, 2.05) is 24.3 Å². The summed E-state index contributed by atoms with van der Waals surface area (Å²) >= 11 is 6.25. The van der Waals surface area contributed by atoms with Crippen LogP contribution in [0.2, 0.25) is 5.02 Å². The lowest BCUT2D eigenvalue weighted by atomic mass is 9.97. The zero-order valence-corrected chi connectivity index (χ0v) is 18.3.